The van der Waals surface area contributed by atoms with Crippen LogP contribution in [-0.2, 0) is 14.3 Å². The Morgan fingerprint density at radius 1 is 1.00 bits per heavy atom. The minimum absolute atomic E-state index is 0.0146. The average molecular weight is 479 g/mol. The van der Waals surface area contributed by atoms with E-state index >= 15 is 0 Å². The van der Waals surface area contributed by atoms with Crippen molar-refractivity contribution in [2.24, 2.45) is 5.41 Å². The smallest absolute Gasteiger partial charge is 0.407 e. The van der Waals surface area contributed by atoms with Gasteiger partial charge in [0.25, 0.3) is 0 Å². The van der Waals surface area contributed by atoms with Crippen molar-refractivity contribution in [3.63, 3.8) is 0 Å². The molecule has 2 aromatic rings. The topological polar surface area (TPSA) is 105 Å². The van der Waals surface area contributed by atoms with Gasteiger partial charge in [0.2, 0.25) is 5.91 Å². The fourth-order valence-corrected chi connectivity index (χ4v) is 5.27. The minimum atomic E-state index is -0.843. The lowest BCUT2D eigenvalue weighted by Gasteiger charge is -2.27. The maximum atomic E-state index is 12.6. The molecule has 0 heterocycles. The molecule has 0 bridgehead atoms. The van der Waals surface area contributed by atoms with Crippen molar-refractivity contribution in [3.05, 3.63) is 59.7 Å². The van der Waals surface area contributed by atoms with Crippen LogP contribution < -0.4 is 10.6 Å². The van der Waals surface area contributed by atoms with Gasteiger partial charge < -0.3 is 20.5 Å². The summed E-state index contributed by atoms with van der Waals surface area (Å²) in [5.41, 5.74) is 3.15. The molecule has 2 aliphatic carbocycles. The van der Waals surface area contributed by atoms with E-state index in [-0.39, 0.29) is 31.4 Å². The van der Waals surface area contributed by atoms with E-state index in [1.807, 2.05) is 38.1 Å². The molecule has 2 amide bonds. The fourth-order valence-electron chi connectivity index (χ4n) is 5.27. The lowest BCUT2D eigenvalue weighted by atomic mass is 9.86. The normalized spacial score (nSPS) is 16.3. The van der Waals surface area contributed by atoms with Crippen molar-refractivity contribution in [1.82, 2.24) is 10.6 Å². The minimum Gasteiger partial charge on any atom is -0.481 e. The number of rotatable bonds is 9. The first-order valence-corrected chi connectivity index (χ1v) is 12.3. The molecule has 35 heavy (non-hydrogen) atoms. The standard InChI is InChI=1S/C28H34N2O5/c1-27(2,16-13-24(31)29-18-28(25(32)33)14-7-8-15-28)30-26(34)35-17-23-21-11-5-3-9-19(21)20-10-4-6-12-22(20)23/h3-6,9-12,23H,7-8,13-18H2,1-2H3,(H,29,31)(H,30,34)(H,32,33). The Balaban J connectivity index is 1.26. The molecular weight excluding hydrogens is 444 g/mol. The molecule has 186 valence electrons. The second-order valence-electron chi connectivity index (χ2n) is 10.4. The van der Waals surface area contributed by atoms with Gasteiger partial charge in [-0.2, -0.15) is 0 Å². The molecule has 3 N–H and O–H groups in total. The Labute approximate surface area is 206 Å². The van der Waals surface area contributed by atoms with Crippen LogP contribution >= 0.6 is 0 Å². The van der Waals surface area contributed by atoms with Crippen molar-refractivity contribution in [2.45, 2.75) is 63.8 Å². The van der Waals surface area contributed by atoms with Crippen molar-refractivity contribution in [2.75, 3.05) is 13.2 Å². The molecule has 0 spiro atoms. The number of amides is 2. The van der Waals surface area contributed by atoms with Crippen LogP contribution in [0.1, 0.15) is 69.4 Å². The summed E-state index contributed by atoms with van der Waals surface area (Å²) < 4.78 is 5.62. The van der Waals surface area contributed by atoms with E-state index in [1.54, 1.807) is 0 Å². The molecule has 7 heteroatoms. The Hall–Kier alpha value is -3.35. The van der Waals surface area contributed by atoms with E-state index in [1.165, 1.54) is 11.1 Å². The van der Waals surface area contributed by atoms with Gasteiger partial charge in [0.15, 0.2) is 0 Å². The molecule has 0 saturated heterocycles. The molecule has 1 fully saturated rings. The fraction of sp³-hybridized carbons (Fsp3) is 0.464. The lowest BCUT2D eigenvalue weighted by molar-refractivity contribution is -0.148. The van der Waals surface area contributed by atoms with Crippen molar-refractivity contribution >= 4 is 18.0 Å². The molecule has 1 saturated carbocycles. The molecule has 2 aromatic carbocycles. The monoisotopic (exact) mass is 478 g/mol. The van der Waals surface area contributed by atoms with Gasteiger partial charge in [-0.15, -0.1) is 0 Å². The highest BCUT2D eigenvalue weighted by molar-refractivity contribution is 5.80. The highest BCUT2D eigenvalue weighted by Crippen LogP contribution is 2.44. The van der Waals surface area contributed by atoms with Crippen LogP contribution in [0.2, 0.25) is 0 Å². The van der Waals surface area contributed by atoms with Crippen LogP contribution in [0.5, 0.6) is 0 Å². The number of carbonyl (C=O) groups excluding carboxylic acids is 2. The lowest BCUT2D eigenvalue weighted by Crippen LogP contribution is -2.45. The summed E-state index contributed by atoms with van der Waals surface area (Å²) in [5.74, 6) is -1.06. The number of carboxylic acids is 1. The van der Waals surface area contributed by atoms with Gasteiger partial charge in [0.1, 0.15) is 6.61 Å². The third-order valence-corrected chi connectivity index (χ3v) is 7.40. The van der Waals surface area contributed by atoms with Crippen LogP contribution in [0.3, 0.4) is 0 Å². The van der Waals surface area contributed by atoms with Gasteiger partial charge in [-0.1, -0.05) is 61.4 Å². The number of hydrogen-bond donors (Lipinski definition) is 3. The predicted octanol–water partition coefficient (Wildman–Crippen LogP) is 4.85. The predicted molar refractivity (Wildman–Crippen MR) is 133 cm³/mol. The third kappa shape index (κ3) is 5.50. The Morgan fingerprint density at radius 2 is 1.57 bits per heavy atom. The highest BCUT2D eigenvalue weighted by atomic mass is 16.5. The van der Waals surface area contributed by atoms with E-state index in [9.17, 15) is 19.5 Å². The van der Waals surface area contributed by atoms with Gasteiger partial charge in [-0.05, 0) is 55.4 Å². The van der Waals surface area contributed by atoms with E-state index in [4.69, 9.17) is 4.74 Å². The summed E-state index contributed by atoms with van der Waals surface area (Å²) in [5, 5.41) is 15.2. The van der Waals surface area contributed by atoms with Crippen LogP contribution in [0.4, 0.5) is 4.79 Å². The van der Waals surface area contributed by atoms with Crippen molar-refractivity contribution in [3.8, 4) is 11.1 Å². The zero-order chi connectivity index (χ0) is 25.1. The molecule has 0 atom stereocenters. The number of ether oxygens (including phenoxy) is 1. The third-order valence-electron chi connectivity index (χ3n) is 7.40. The number of carboxylic acid groups (broad SMARTS) is 1. The molecule has 0 aromatic heterocycles. The molecular formula is C28H34N2O5. The summed E-state index contributed by atoms with van der Waals surface area (Å²) in [6, 6.07) is 16.3. The van der Waals surface area contributed by atoms with E-state index in [2.05, 4.69) is 34.9 Å². The molecule has 0 radical (unpaired) electrons. The molecule has 0 unspecified atom stereocenters. The second-order valence-corrected chi connectivity index (χ2v) is 10.4. The largest absolute Gasteiger partial charge is 0.481 e. The van der Waals surface area contributed by atoms with Gasteiger partial charge in [0, 0.05) is 24.4 Å². The summed E-state index contributed by atoms with van der Waals surface area (Å²) >= 11 is 0. The number of alkyl carbamates (subject to hydrolysis) is 1. The first kappa shape index (κ1) is 24.8. The Kier molecular flexibility index (Phi) is 7.15. The first-order chi connectivity index (χ1) is 16.7. The van der Waals surface area contributed by atoms with Crippen LogP contribution in [-0.4, -0.2) is 41.8 Å². The summed E-state index contributed by atoms with van der Waals surface area (Å²) in [7, 11) is 0. The van der Waals surface area contributed by atoms with Crippen LogP contribution in [0, 0.1) is 5.41 Å². The molecule has 0 aliphatic heterocycles. The molecule has 4 rings (SSSR count). The number of hydrogen-bond acceptors (Lipinski definition) is 4. The second kappa shape index (κ2) is 10.1. The SMILES string of the molecule is CC(C)(CCC(=O)NCC1(C(=O)O)CCCC1)NC(=O)OCC1c2ccccc2-c2ccccc21. The summed E-state index contributed by atoms with van der Waals surface area (Å²) in [6.45, 7) is 4.07. The summed E-state index contributed by atoms with van der Waals surface area (Å²) in [4.78, 5) is 36.6. The van der Waals surface area contributed by atoms with Gasteiger partial charge >= 0.3 is 12.1 Å². The zero-order valence-electron chi connectivity index (χ0n) is 20.4. The Bertz CT molecular complexity index is 1060. The highest BCUT2D eigenvalue weighted by Gasteiger charge is 2.41. The molecule has 7 nitrogen and oxygen atoms in total. The van der Waals surface area contributed by atoms with Crippen LogP contribution in [0.25, 0.3) is 11.1 Å². The number of benzene rings is 2. The van der Waals surface area contributed by atoms with E-state index in [0.717, 1.165) is 24.0 Å². The van der Waals surface area contributed by atoms with Crippen molar-refractivity contribution in [1.29, 1.82) is 0 Å². The maximum absolute atomic E-state index is 12.6. The quantitative estimate of drug-likeness (QED) is 0.478. The van der Waals surface area contributed by atoms with E-state index < -0.39 is 23.0 Å². The van der Waals surface area contributed by atoms with Gasteiger partial charge in [-0.3, -0.25) is 9.59 Å². The van der Waals surface area contributed by atoms with Gasteiger partial charge in [-0.25, -0.2) is 4.79 Å². The average Bonchev–Trinajstić information content (AvgIpc) is 3.44. The zero-order valence-corrected chi connectivity index (χ0v) is 20.4. The number of nitrogens with one attached hydrogen (secondary N) is 2. The van der Waals surface area contributed by atoms with Crippen LogP contribution in [0.15, 0.2) is 48.5 Å². The number of carbonyl (C=O) groups is 3. The molecule has 2 aliphatic rings. The van der Waals surface area contributed by atoms with E-state index in [0.29, 0.717) is 19.3 Å². The van der Waals surface area contributed by atoms with Crippen molar-refractivity contribution < 1.29 is 24.2 Å². The van der Waals surface area contributed by atoms with Gasteiger partial charge in [0.05, 0.1) is 5.41 Å². The Morgan fingerprint density at radius 3 is 2.14 bits per heavy atom. The number of aliphatic carboxylic acids is 1. The first-order valence-electron chi connectivity index (χ1n) is 12.3. The number of fused-ring (bicyclic) bond motifs is 3. The maximum Gasteiger partial charge on any atom is 0.407 e. The summed E-state index contributed by atoms with van der Waals surface area (Å²) in [6.07, 6.45) is 3.01.